The lowest BCUT2D eigenvalue weighted by atomic mass is 10.2. The highest BCUT2D eigenvalue weighted by molar-refractivity contribution is 5.88. The zero-order chi connectivity index (χ0) is 14.7. The highest BCUT2D eigenvalue weighted by Gasteiger charge is 2.08. The highest BCUT2D eigenvalue weighted by atomic mass is 16.5. The quantitative estimate of drug-likeness (QED) is 0.798. The third kappa shape index (κ3) is 2.71. The monoisotopic (exact) mass is 272 g/mol. The van der Waals surface area contributed by atoms with Gasteiger partial charge in [0.25, 0.3) is 5.56 Å². The van der Waals surface area contributed by atoms with Crippen LogP contribution in [0.3, 0.4) is 0 Å². The molecular formula is C15H16N2O3. The first-order valence-electron chi connectivity index (χ1n) is 6.11. The fourth-order valence-corrected chi connectivity index (χ4v) is 1.84. The van der Waals surface area contributed by atoms with E-state index in [0.717, 1.165) is 5.69 Å². The average molecular weight is 272 g/mol. The SMILES string of the molecule is COC(=O)c1ccc(=O)n(-c2ccc(N(C)C)cc2)c1. The van der Waals surface area contributed by atoms with Crippen molar-refractivity contribution in [2.75, 3.05) is 26.1 Å². The smallest absolute Gasteiger partial charge is 0.339 e. The fraction of sp³-hybridized carbons (Fsp3) is 0.200. The molecule has 20 heavy (non-hydrogen) atoms. The van der Waals surface area contributed by atoms with Crippen LogP contribution in [0.1, 0.15) is 10.4 Å². The van der Waals surface area contributed by atoms with Crippen molar-refractivity contribution in [1.29, 1.82) is 0 Å². The number of esters is 1. The van der Waals surface area contributed by atoms with Gasteiger partial charge in [0.05, 0.1) is 12.7 Å². The van der Waals surface area contributed by atoms with Crippen molar-refractivity contribution < 1.29 is 9.53 Å². The van der Waals surface area contributed by atoms with Gasteiger partial charge in [0.1, 0.15) is 0 Å². The lowest BCUT2D eigenvalue weighted by molar-refractivity contribution is 0.0600. The second-order valence-electron chi connectivity index (χ2n) is 4.53. The van der Waals surface area contributed by atoms with E-state index >= 15 is 0 Å². The van der Waals surface area contributed by atoms with Crippen LogP contribution in [0.4, 0.5) is 5.69 Å². The molecule has 1 heterocycles. The minimum absolute atomic E-state index is 0.199. The Labute approximate surface area is 117 Å². The number of carbonyl (C=O) groups excluding carboxylic acids is 1. The van der Waals surface area contributed by atoms with Gasteiger partial charge in [-0.2, -0.15) is 0 Å². The first kappa shape index (κ1) is 13.9. The largest absolute Gasteiger partial charge is 0.465 e. The van der Waals surface area contributed by atoms with Gasteiger partial charge in [-0.15, -0.1) is 0 Å². The number of nitrogens with zero attached hydrogens (tertiary/aromatic N) is 2. The topological polar surface area (TPSA) is 51.5 Å². The molecule has 5 nitrogen and oxygen atoms in total. The van der Waals surface area contributed by atoms with Crippen LogP contribution < -0.4 is 10.5 Å². The normalized spacial score (nSPS) is 10.2. The lowest BCUT2D eigenvalue weighted by Crippen LogP contribution is -2.19. The molecule has 0 unspecified atom stereocenters. The number of hydrogen-bond acceptors (Lipinski definition) is 4. The molecule has 0 fully saturated rings. The number of ether oxygens (including phenoxy) is 1. The van der Waals surface area contributed by atoms with E-state index in [0.29, 0.717) is 11.3 Å². The van der Waals surface area contributed by atoms with E-state index in [-0.39, 0.29) is 5.56 Å². The zero-order valence-electron chi connectivity index (χ0n) is 11.7. The second-order valence-corrected chi connectivity index (χ2v) is 4.53. The lowest BCUT2D eigenvalue weighted by Gasteiger charge is -2.13. The van der Waals surface area contributed by atoms with Gasteiger partial charge in [-0.05, 0) is 30.3 Å². The summed E-state index contributed by atoms with van der Waals surface area (Å²) in [5.74, 6) is -0.469. The Kier molecular flexibility index (Phi) is 3.89. The minimum atomic E-state index is -0.469. The molecule has 0 aliphatic heterocycles. The summed E-state index contributed by atoms with van der Waals surface area (Å²) in [7, 11) is 5.20. The van der Waals surface area contributed by atoms with Crippen molar-refractivity contribution >= 4 is 11.7 Å². The predicted octanol–water partition coefficient (Wildman–Crippen LogP) is 1.69. The first-order valence-corrected chi connectivity index (χ1v) is 6.11. The van der Waals surface area contributed by atoms with Crippen LogP contribution in [0.15, 0.2) is 47.4 Å². The van der Waals surface area contributed by atoms with Crippen molar-refractivity contribution in [2.24, 2.45) is 0 Å². The van der Waals surface area contributed by atoms with Crippen molar-refractivity contribution in [3.05, 3.63) is 58.5 Å². The van der Waals surface area contributed by atoms with E-state index in [1.54, 1.807) is 0 Å². The molecule has 0 radical (unpaired) electrons. The predicted molar refractivity (Wildman–Crippen MR) is 77.7 cm³/mol. The number of aromatic nitrogens is 1. The van der Waals surface area contributed by atoms with Crippen LogP contribution in [0.5, 0.6) is 0 Å². The number of pyridine rings is 1. The molecule has 0 aliphatic carbocycles. The maximum atomic E-state index is 11.9. The van der Waals surface area contributed by atoms with Gasteiger partial charge < -0.3 is 9.64 Å². The first-order chi connectivity index (χ1) is 9.52. The summed E-state index contributed by atoms with van der Waals surface area (Å²) in [4.78, 5) is 25.4. The number of anilines is 1. The number of benzene rings is 1. The summed E-state index contributed by atoms with van der Waals surface area (Å²) < 4.78 is 6.08. The van der Waals surface area contributed by atoms with Crippen LogP contribution in [0.2, 0.25) is 0 Å². The van der Waals surface area contributed by atoms with Crippen molar-refractivity contribution in [3.8, 4) is 5.69 Å². The third-order valence-corrected chi connectivity index (χ3v) is 2.98. The number of hydrogen-bond donors (Lipinski definition) is 0. The molecule has 2 aromatic rings. The van der Waals surface area contributed by atoms with Crippen LogP contribution >= 0.6 is 0 Å². The van der Waals surface area contributed by atoms with Crippen molar-refractivity contribution in [3.63, 3.8) is 0 Å². The summed E-state index contributed by atoms with van der Waals surface area (Å²) in [6, 6.07) is 10.3. The van der Waals surface area contributed by atoms with Gasteiger partial charge in [-0.1, -0.05) is 0 Å². The minimum Gasteiger partial charge on any atom is -0.465 e. The van der Waals surface area contributed by atoms with Crippen LogP contribution in [0.25, 0.3) is 5.69 Å². The van der Waals surface area contributed by atoms with E-state index in [9.17, 15) is 9.59 Å². The second kappa shape index (κ2) is 5.61. The van der Waals surface area contributed by atoms with Gasteiger partial charge >= 0.3 is 5.97 Å². The number of carbonyl (C=O) groups is 1. The van der Waals surface area contributed by atoms with Crippen molar-refractivity contribution in [1.82, 2.24) is 4.57 Å². The molecule has 1 aromatic heterocycles. The van der Waals surface area contributed by atoms with Crippen LogP contribution in [-0.2, 0) is 4.74 Å². The Morgan fingerprint density at radius 3 is 2.30 bits per heavy atom. The molecule has 0 N–H and O–H groups in total. The molecular weight excluding hydrogens is 256 g/mol. The summed E-state index contributed by atoms with van der Waals surface area (Å²) in [5, 5.41) is 0. The molecule has 0 bridgehead atoms. The summed E-state index contributed by atoms with van der Waals surface area (Å²) in [6.07, 6.45) is 1.48. The van der Waals surface area contributed by atoms with Crippen LogP contribution in [-0.4, -0.2) is 31.7 Å². The molecule has 0 spiro atoms. The van der Waals surface area contributed by atoms with Gasteiger partial charge in [0.2, 0.25) is 0 Å². The highest BCUT2D eigenvalue weighted by Crippen LogP contribution is 2.14. The Morgan fingerprint density at radius 2 is 1.75 bits per heavy atom. The Hall–Kier alpha value is -2.56. The molecule has 0 saturated heterocycles. The van der Waals surface area contributed by atoms with Gasteiger partial charge in [0.15, 0.2) is 0 Å². The average Bonchev–Trinajstić information content (AvgIpc) is 2.47. The zero-order valence-corrected chi connectivity index (χ0v) is 11.7. The van der Waals surface area contributed by atoms with E-state index in [4.69, 9.17) is 0 Å². The molecule has 1 aromatic carbocycles. The van der Waals surface area contributed by atoms with Gasteiger partial charge in [-0.25, -0.2) is 4.79 Å². The summed E-state index contributed by atoms with van der Waals surface area (Å²) in [5.41, 5.74) is 1.87. The fourth-order valence-electron chi connectivity index (χ4n) is 1.84. The molecule has 2 rings (SSSR count). The Bertz CT molecular complexity index is 672. The van der Waals surface area contributed by atoms with E-state index in [2.05, 4.69) is 4.74 Å². The molecule has 0 amide bonds. The standard InChI is InChI=1S/C15H16N2O3/c1-16(2)12-5-7-13(8-6-12)17-10-11(15(19)20-3)4-9-14(17)18/h4-10H,1-3H3. The van der Waals surface area contributed by atoms with Crippen LogP contribution in [0, 0.1) is 0 Å². The number of rotatable bonds is 3. The maximum Gasteiger partial charge on any atom is 0.339 e. The molecule has 0 aliphatic rings. The van der Waals surface area contributed by atoms with E-state index in [1.807, 2.05) is 43.3 Å². The Morgan fingerprint density at radius 1 is 1.10 bits per heavy atom. The van der Waals surface area contributed by atoms with Gasteiger partial charge in [-0.3, -0.25) is 9.36 Å². The van der Waals surface area contributed by atoms with E-state index < -0.39 is 5.97 Å². The summed E-state index contributed by atoms with van der Waals surface area (Å²) in [6.45, 7) is 0. The van der Waals surface area contributed by atoms with Gasteiger partial charge in [0, 0.05) is 37.7 Å². The number of methoxy groups -OCH3 is 1. The maximum absolute atomic E-state index is 11.9. The summed E-state index contributed by atoms with van der Waals surface area (Å²) >= 11 is 0. The molecule has 0 atom stereocenters. The molecule has 0 saturated carbocycles. The van der Waals surface area contributed by atoms with Crippen molar-refractivity contribution in [2.45, 2.75) is 0 Å². The molecule has 5 heteroatoms. The Balaban J connectivity index is 2.46. The third-order valence-electron chi connectivity index (χ3n) is 2.98. The molecule has 104 valence electrons. The van der Waals surface area contributed by atoms with E-state index in [1.165, 1.54) is 30.0 Å².